The van der Waals surface area contributed by atoms with Crippen LogP contribution < -0.4 is 0 Å². The van der Waals surface area contributed by atoms with Crippen molar-refractivity contribution in [1.82, 2.24) is 19.8 Å². The summed E-state index contributed by atoms with van der Waals surface area (Å²) in [5, 5.41) is 0. The lowest BCUT2D eigenvalue weighted by Crippen LogP contribution is -2.35. The molecule has 2 heterocycles. The van der Waals surface area contributed by atoms with Crippen LogP contribution in [-0.4, -0.2) is 51.9 Å². The molecule has 0 aliphatic carbocycles. The van der Waals surface area contributed by atoms with Crippen LogP contribution in [0.3, 0.4) is 0 Å². The molecule has 23 heavy (non-hydrogen) atoms. The summed E-state index contributed by atoms with van der Waals surface area (Å²) < 4.78 is 0. The number of aryl methyl sites for hydroxylation is 1. The number of nitrogens with zero attached hydrogens (tertiary/aromatic N) is 4. The smallest absolute Gasteiger partial charge is 0.274 e. The molecule has 0 bridgehead atoms. The summed E-state index contributed by atoms with van der Waals surface area (Å²) in [7, 11) is 0. The standard InChI is InChI=1S/C18H22N4O/c1-15-12-20-17(13-19-15)18(23)22-9-5-8-21(10-11-22)14-16-6-3-2-4-7-16/h2-4,6-7,12-13H,5,8-11,14H2,1H3. The Balaban J connectivity index is 1.59. The maximum absolute atomic E-state index is 12.5. The van der Waals surface area contributed by atoms with Crippen LogP contribution in [0.2, 0.25) is 0 Å². The van der Waals surface area contributed by atoms with Gasteiger partial charge in [0.15, 0.2) is 0 Å². The highest BCUT2D eigenvalue weighted by molar-refractivity contribution is 5.92. The van der Waals surface area contributed by atoms with Crippen LogP contribution in [0.5, 0.6) is 0 Å². The van der Waals surface area contributed by atoms with Crippen molar-refractivity contribution in [2.24, 2.45) is 0 Å². The Bertz CT molecular complexity index is 642. The Morgan fingerprint density at radius 3 is 2.61 bits per heavy atom. The number of hydrogen-bond donors (Lipinski definition) is 0. The SMILES string of the molecule is Cc1cnc(C(=O)N2CCCN(Cc3ccccc3)CC2)cn1. The van der Waals surface area contributed by atoms with E-state index in [-0.39, 0.29) is 5.91 Å². The van der Waals surface area contributed by atoms with E-state index in [0.717, 1.165) is 44.8 Å². The largest absolute Gasteiger partial charge is 0.336 e. The van der Waals surface area contributed by atoms with Crippen molar-refractivity contribution in [2.45, 2.75) is 19.9 Å². The minimum atomic E-state index is -0.0148. The van der Waals surface area contributed by atoms with Crippen molar-refractivity contribution in [3.8, 4) is 0 Å². The molecule has 3 rings (SSSR count). The number of carbonyl (C=O) groups is 1. The number of rotatable bonds is 3. The lowest BCUT2D eigenvalue weighted by Gasteiger charge is -2.21. The molecule has 1 aliphatic heterocycles. The molecular weight excluding hydrogens is 288 g/mol. The van der Waals surface area contributed by atoms with E-state index in [1.54, 1.807) is 12.4 Å². The fraction of sp³-hybridized carbons (Fsp3) is 0.389. The van der Waals surface area contributed by atoms with Crippen LogP contribution in [0.4, 0.5) is 0 Å². The molecular formula is C18H22N4O. The van der Waals surface area contributed by atoms with Crippen LogP contribution in [0.15, 0.2) is 42.7 Å². The highest BCUT2D eigenvalue weighted by atomic mass is 16.2. The summed E-state index contributed by atoms with van der Waals surface area (Å²) in [6.07, 6.45) is 4.20. The molecule has 2 aromatic rings. The zero-order valence-electron chi connectivity index (χ0n) is 13.5. The highest BCUT2D eigenvalue weighted by Crippen LogP contribution is 2.11. The highest BCUT2D eigenvalue weighted by Gasteiger charge is 2.21. The zero-order valence-corrected chi connectivity index (χ0v) is 13.5. The van der Waals surface area contributed by atoms with E-state index in [0.29, 0.717) is 5.69 Å². The lowest BCUT2D eigenvalue weighted by atomic mass is 10.2. The third-order valence-electron chi connectivity index (χ3n) is 4.12. The maximum Gasteiger partial charge on any atom is 0.274 e. The lowest BCUT2D eigenvalue weighted by molar-refractivity contribution is 0.0754. The van der Waals surface area contributed by atoms with Crippen LogP contribution in [0.25, 0.3) is 0 Å². The molecule has 1 fully saturated rings. The zero-order chi connectivity index (χ0) is 16.1. The summed E-state index contributed by atoms with van der Waals surface area (Å²) in [5.74, 6) is -0.0148. The molecule has 5 heteroatoms. The fourth-order valence-electron chi connectivity index (χ4n) is 2.84. The van der Waals surface area contributed by atoms with Crippen molar-refractivity contribution in [1.29, 1.82) is 0 Å². The van der Waals surface area contributed by atoms with E-state index in [1.807, 2.05) is 17.9 Å². The van der Waals surface area contributed by atoms with Gasteiger partial charge in [-0.05, 0) is 18.9 Å². The topological polar surface area (TPSA) is 49.3 Å². The Labute approximate surface area is 137 Å². The molecule has 0 atom stereocenters. The Morgan fingerprint density at radius 1 is 1.04 bits per heavy atom. The van der Waals surface area contributed by atoms with Crippen LogP contribution in [0.1, 0.15) is 28.2 Å². The van der Waals surface area contributed by atoms with Crippen LogP contribution in [-0.2, 0) is 6.54 Å². The number of benzene rings is 1. The van der Waals surface area contributed by atoms with Gasteiger partial charge in [0.1, 0.15) is 5.69 Å². The summed E-state index contributed by atoms with van der Waals surface area (Å²) in [6.45, 7) is 6.22. The van der Waals surface area contributed by atoms with E-state index in [4.69, 9.17) is 0 Å². The molecule has 0 saturated carbocycles. The molecule has 120 valence electrons. The monoisotopic (exact) mass is 310 g/mol. The minimum Gasteiger partial charge on any atom is -0.336 e. The van der Waals surface area contributed by atoms with Crippen LogP contribution in [0, 0.1) is 6.92 Å². The van der Waals surface area contributed by atoms with E-state index in [1.165, 1.54) is 5.56 Å². The summed E-state index contributed by atoms with van der Waals surface area (Å²) in [5.41, 5.74) is 2.58. The van der Waals surface area contributed by atoms with Gasteiger partial charge in [-0.15, -0.1) is 0 Å². The third kappa shape index (κ3) is 4.13. The first-order valence-corrected chi connectivity index (χ1v) is 8.06. The first-order chi connectivity index (χ1) is 11.2. The van der Waals surface area contributed by atoms with E-state index in [9.17, 15) is 4.79 Å². The van der Waals surface area contributed by atoms with Crippen molar-refractivity contribution in [3.63, 3.8) is 0 Å². The van der Waals surface area contributed by atoms with E-state index in [2.05, 4.69) is 39.1 Å². The van der Waals surface area contributed by atoms with Gasteiger partial charge < -0.3 is 4.90 Å². The Hall–Kier alpha value is -2.27. The van der Waals surface area contributed by atoms with Crippen LogP contribution >= 0.6 is 0 Å². The summed E-state index contributed by atoms with van der Waals surface area (Å²) >= 11 is 0. The van der Waals surface area contributed by atoms with Gasteiger partial charge in [-0.3, -0.25) is 14.7 Å². The van der Waals surface area contributed by atoms with E-state index >= 15 is 0 Å². The second-order valence-corrected chi connectivity index (χ2v) is 5.95. The van der Waals surface area contributed by atoms with Gasteiger partial charge in [0, 0.05) is 38.9 Å². The molecule has 5 nitrogen and oxygen atoms in total. The normalized spacial score (nSPS) is 16.1. The molecule has 1 amide bonds. The molecule has 0 unspecified atom stereocenters. The molecule has 1 aliphatic rings. The predicted molar refractivity (Wildman–Crippen MR) is 89.0 cm³/mol. The van der Waals surface area contributed by atoms with Crippen molar-refractivity contribution in [2.75, 3.05) is 26.2 Å². The van der Waals surface area contributed by atoms with Gasteiger partial charge in [-0.1, -0.05) is 30.3 Å². The van der Waals surface area contributed by atoms with Crippen molar-refractivity contribution < 1.29 is 4.79 Å². The predicted octanol–water partition coefficient (Wildman–Crippen LogP) is 2.13. The third-order valence-corrected chi connectivity index (χ3v) is 4.12. The number of amides is 1. The molecule has 1 aromatic carbocycles. The first-order valence-electron chi connectivity index (χ1n) is 8.06. The van der Waals surface area contributed by atoms with Gasteiger partial charge >= 0.3 is 0 Å². The molecule has 1 aromatic heterocycles. The Kier molecular flexibility index (Phi) is 4.98. The Morgan fingerprint density at radius 2 is 1.87 bits per heavy atom. The second kappa shape index (κ2) is 7.33. The second-order valence-electron chi connectivity index (χ2n) is 5.95. The fourth-order valence-corrected chi connectivity index (χ4v) is 2.84. The first kappa shape index (κ1) is 15.6. The number of aromatic nitrogens is 2. The van der Waals surface area contributed by atoms with Gasteiger partial charge in [0.25, 0.3) is 5.91 Å². The van der Waals surface area contributed by atoms with Crippen molar-refractivity contribution >= 4 is 5.91 Å². The molecule has 0 spiro atoms. The molecule has 1 saturated heterocycles. The van der Waals surface area contributed by atoms with Gasteiger partial charge in [0.05, 0.1) is 11.9 Å². The summed E-state index contributed by atoms with van der Waals surface area (Å²) in [6, 6.07) is 10.5. The number of hydrogen-bond acceptors (Lipinski definition) is 4. The van der Waals surface area contributed by atoms with Gasteiger partial charge in [-0.2, -0.15) is 0 Å². The van der Waals surface area contributed by atoms with Crippen molar-refractivity contribution in [3.05, 3.63) is 59.7 Å². The van der Waals surface area contributed by atoms with Gasteiger partial charge in [0.2, 0.25) is 0 Å². The van der Waals surface area contributed by atoms with E-state index < -0.39 is 0 Å². The molecule has 0 radical (unpaired) electrons. The molecule has 0 N–H and O–H groups in total. The van der Waals surface area contributed by atoms with Gasteiger partial charge in [-0.25, -0.2) is 4.98 Å². The minimum absolute atomic E-state index is 0.0148. The summed E-state index contributed by atoms with van der Waals surface area (Å²) in [4.78, 5) is 25.2. The average Bonchev–Trinajstić information content (AvgIpc) is 2.81. The maximum atomic E-state index is 12.5. The quantitative estimate of drug-likeness (QED) is 0.871. The number of carbonyl (C=O) groups excluding carboxylic acids is 1. The average molecular weight is 310 g/mol.